The van der Waals surface area contributed by atoms with E-state index >= 15 is 0 Å². The lowest BCUT2D eigenvalue weighted by molar-refractivity contribution is 0.160. The van der Waals surface area contributed by atoms with Crippen LogP contribution in [0.25, 0.3) is 0 Å². The van der Waals surface area contributed by atoms with Gasteiger partial charge in [0.2, 0.25) is 0 Å². The summed E-state index contributed by atoms with van der Waals surface area (Å²) in [4.78, 5) is 12.3. The Labute approximate surface area is 85.5 Å². The molecule has 0 aliphatic heterocycles. The van der Waals surface area contributed by atoms with Gasteiger partial charge in [0.05, 0.1) is 0 Å². The Morgan fingerprint density at radius 1 is 1.62 bits per heavy atom. The van der Waals surface area contributed by atoms with Crippen molar-refractivity contribution in [3.05, 3.63) is 23.2 Å². The normalized spacial score (nSPS) is 11.5. The van der Waals surface area contributed by atoms with Crippen LogP contribution in [0, 0.1) is 0 Å². The van der Waals surface area contributed by atoms with E-state index in [0.29, 0.717) is 17.5 Å². The van der Waals surface area contributed by atoms with E-state index in [1.54, 1.807) is 6.92 Å². The van der Waals surface area contributed by atoms with E-state index in [4.69, 9.17) is 28.0 Å². The summed E-state index contributed by atoms with van der Waals surface area (Å²) >= 11 is 11.4. The summed E-state index contributed by atoms with van der Waals surface area (Å²) in [5, 5.41) is 4.06. The van der Waals surface area contributed by atoms with Crippen LogP contribution in [0.2, 0.25) is 5.15 Å². The zero-order valence-corrected chi connectivity index (χ0v) is 8.38. The molecule has 4 nitrogen and oxygen atoms in total. The van der Waals surface area contributed by atoms with Gasteiger partial charge in [-0.2, -0.15) is 0 Å². The minimum Gasteiger partial charge on any atom is -0.395 e. The molecule has 0 aliphatic rings. The van der Waals surface area contributed by atoms with Crippen LogP contribution in [0.4, 0.5) is 0 Å². The second kappa shape index (κ2) is 4.99. The molecule has 6 heteroatoms. The third kappa shape index (κ3) is 3.16. The summed E-state index contributed by atoms with van der Waals surface area (Å²) in [7, 11) is 0. The van der Waals surface area contributed by atoms with E-state index in [1.807, 2.05) is 0 Å². The van der Waals surface area contributed by atoms with Gasteiger partial charge in [-0.15, -0.1) is 0 Å². The van der Waals surface area contributed by atoms with Crippen LogP contribution in [0.1, 0.15) is 12.6 Å². The molecule has 0 unspecified atom stereocenters. The predicted molar refractivity (Wildman–Crippen MR) is 51.1 cm³/mol. The van der Waals surface area contributed by atoms with E-state index in [9.17, 15) is 0 Å². The summed E-state index contributed by atoms with van der Waals surface area (Å²) in [5.74, 6) is 0. The van der Waals surface area contributed by atoms with Crippen LogP contribution in [0.5, 0.6) is 0 Å². The molecule has 0 bridgehead atoms. The lowest BCUT2D eigenvalue weighted by Crippen LogP contribution is -1.97. The van der Waals surface area contributed by atoms with Gasteiger partial charge in [0.25, 0.3) is 0 Å². The van der Waals surface area contributed by atoms with E-state index in [0.717, 1.165) is 0 Å². The monoisotopic (exact) mass is 219 g/mol. The zero-order chi connectivity index (χ0) is 9.68. The Balaban J connectivity index is 2.82. The molecule has 1 aromatic rings. The molecule has 1 heterocycles. The van der Waals surface area contributed by atoms with E-state index in [-0.39, 0.29) is 5.17 Å². The minimum absolute atomic E-state index is 0.158. The van der Waals surface area contributed by atoms with Crippen molar-refractivity contribution in [3.8, 4) is 0 Å². The third-order valence-electron chi connectivity index (χ3n) is 1.12. The molecular weight excluding hydrogens is 213 g/mol. The van der Waals surface area contributed by atoms with Crippen LogP contribution in [0.3, 0.4) is 0 Å². The van der Waals surface area contributed by atoms with Gasteiger partial charge in [0.1, 0.15) is 23.8 Å². The van der Waals surface area contributed by atoms with Crippen molar-refractivity contribution in [3.63, 3.8) is 0 Å². The molecule has 70 valence electrons. The van der Waals surface area contributed by atoms with Crippen molar-refractivity contribution in [2.24, 2.45) is 5.16 Å². The Bertz CT molecular complexity index is 316. The quantitative estimate of drug-likeness (QED) is 0.445. The van der Waals surface area contributed by atoms with Gasteiger partial charge in [-0.25, -0.2) is 9.97 Å². The van der Waals surface area contributed by atoms with Gasteiger partial charge in [0, 0.05) is 6.07 Å². The molecule has 0 fully saturated rings. The summed E-state index contributed by atoms with van der Waals surface area (Å²) in [6.45, 7) is 2.26. The lowest BCUT2D eigenvalue weighted by Gasteiger charge is -1.97. The molecule has 1 rings (SSSR count). The summed E-state index contributed by atoms with van der Waals surface area (Å²) in [6, 6.07) is 1.51. The molecule has 0 atom stereocenters. The molecule has 0 radical (unpaired) electrons. The molecule has 0 saturated carbocycles. The van der Waals surface area contributed by atoms with E-state index in [1.165, 1.54) is 12.4 Å². The topological polar surface area (TPSA) is 47.4 Å². The minimum atomic E-state index is 0.158. The fourth-order valence-corrected chi connectivity index (χ4v) is 0.914. The van der Waals surface area contributed by atoms with Gasteiger partial charge < -0.3 is 4.84 Å². The standard InChI is InChI=1S/C7H7Cl2N3O/c1-2-13-12-7(9)5-3-6(8)11-4-10-5/h3-4H,2H2,1H3. The molecule has 0 aliphatic carbocycles. The first-order valence-corrected chi connectivity index (χ1v) is 4.33. The van der Waals surface area contributed by atoms with Crippen LogP contribution in [-0.2, 0) is 4.84 Å². The molecule has 1 aromatic heterocycles. The number of oxime groups is 1. The maximum atomic E-state index is 5.73. The summed E-state index contributed by atoms with van der Waals surface area (Å²) in [5.41, 5.74) is 0.440. The Hall–Kier alpha value is -0.870. The first kappa shape index (κ1) is 10.2. The number of aromatic nitrogens is 2. The van der Waals surface area contributed by atoms with Crippen molar-refractivity contribution in [1.82, 2.24) is 9.97 Å². The highest BCUT2D eigenvalue weighted by Gasteiger charge is 2.02. The SMILES string of the molecule is CCON=C(Cl)c1cc(Cl)ncn1. The number of hydrogen-bond acceptors (Lipinski definition) is 4. The Morgan fingerprint density at radius 2 is 2.38 bits per heavy atom. The number of halogens is 2. The van der Waals surface area contributed by atoms with E-state index in [2.05, 4.69) is 15.1 Å². The molecular formula is C7H7Cl2N3O. The maximum Gasteiger partial charge on any atom is 0.194 e. The average Bonchev–Trinajstić information content (AvgIpc) is 2.14. The highest BCUT2D eigenvalue weighted by atomic mass is 35.5. The Morgan fingerprint density at radius 3 is 3.00 bits per heavy atom. The first-order valence-electron chi connectivity index (χ1n) is 3.57. The Kier molecular flexibility index (Phi) is 3.92. The molecule has 0 aromatic carbocycles. The maximum absolute atomic E-state index is 5.73. The molecule has 0 spiro atoms. The van der Waals surface area contributed by atoms with Crippen molar-refractivity contribution in [1.29, 1.82) is 0 Å². The fourth-order valence-electron chi connectivity index (χ4n) is 0.614. The van der Waals surface area contributed by atoms with Crippen molar-refractivity contribution >= 4 is 28.4 Å². The van der Waals surface area contributed by atoms with Gasteiger partial charge in [0.15, 0.2) is 5.17 Å². The number of rotatable bonds is 3. The second-order valence-electron chi connectivity index (χ2n) is 2.03. The average molecular weight is 220 g/mol. The van der Waals surface area contributed by atoms with Gasteiger partial charge in [-0.3, -0.25) is 0 Å². The number of hydrogen-bond donors (Lipinski definition) is 0. The highest BCUT2D eigenvalue weighted by Crippen LogP contribution is 2.07. The molecule has 0 N–H and O–H groups in total. The fraction of sp³-hybridized carbons (Fsp3) is 0.286. The van der Waals surface area contributed by atoms with Crippen LogP contribution in [-0.4, -0.2) is 21.7 Å². The first-order chi connectivity index (χ1) is 6.24. The summed E-state index contributed by atoms with van der Waals surface area (Å²) in [6.07, 6.45) is 1.31. The smallest absolute Gasteiger partial charge is 0.194 e. The molecule has 13 heavy (non-hydrogen) atoms. The number of nitrogens with zero attached hydrogens (tertiary/aromatic N) is 3. The highest BCUT2D eigenvalue weighted by molar-refractivity contribution is 6.69. The molecule has 0 saturated heterocycles. The van der Waals surface area contributed by atoms with Gasteiger partial charge in [-0.05, 0) is 6.92 Å². The van der Waals surface area contributed by atoms with Crippen LogP contribution >= 0.6 is 23.2 Å². The predicted octanol–water partition coefficient (Wildman–Crippen LogP) is 2.07. The third-order valence-corrected chi connectivity index (χ3v) is 1.59. The van der Waals surface area contributed by atoms with Gasteiger partial charge in [-0.1, -0.05) is 28.4 Å². The summed E-state index contributed by atoms with van der Waals surface area (Å²) < 4.78 is 0. The van der Waals surface area contributed by atoms with Crippen LogP contribution in [0.15, 0.2) is 17.5 Å². The second-order valence-corrected chi connectivity index (χ2v) is 2.77. The van der Waals surface area contributed by atoms with Gasteiger partial charge >= 0.3 is 0 Å². The largest absolute Gasteiger partial charge is 0.395 e. The zero-order valence-electron chi connectivity index (χ0n) is 6.87. The van der Waals surface area contributed by atoms with E-state index < -0.39 is 0 Å². The van der Waals surface area contributed by atoms with Crippen LogP contribution < -0.4 is 0 Å². The van der Waals surface area contributed by atoms with Crippen molar-refractivity contribution < 1.29 is 4.84 Å². The molecule has 0 amide bonds. The van der Waals surface area contributed by atoms with Crippen molar-refractivity contribution in [2.45, 2.75) is 6.92 Å². The van der Waals surface area contributed by atoms with Crippen molar-refractivity contribution in [2.75, 3.05) is 6.61 Å². The lowest BCUT2D eigenvalue weighted by atomic mass is 10.4.